The highest BCUT2D eigenvalue weighted by atomic mass is 35.5. The standard InChI is InChI=1S/C10H9Cl2NO4/c1-17-8(10(15)16)9(14)13-7-3-5(11)2-6(12)4-7/h2-4,8H,1H3,(H,13,14)(H,15,16)/t8-/m0/s1. The third-order valence-electron chi connectivity index (χ3n) is 1.83. The van der Waals surface area contributed by atoms with Gasteiger partial charge in [-0.2, -0.15) is 0 Å². The molecule has 0 aliphatic rings. The number of halogens is 2. The highest BCUT2D eigenvalue weighted by molar-refractivity contribution is 6.35. The van der Waals surface area contributed by atoms with Gasteiger partial charge in [0.05, 0.1) is 0 Å². The number of aliphatic carboxylic acids is 1. The van der Waals surface area contributed by atoms with Crippen LogP contribution in [0.2, 0.25) is 10.0 Å². The average molecular weight is 278 g/mol. The molecule has 0 heterocycles. The van der Waals surface area contributed by atoms with E-state index in [4.69, 9.17) is 28.3 Å². The van der Waals surface area contributed by atoms with Gasteiger partial charge in [0.2, 0.25) is 6.10 Å². The number of benzene rings is 1. The summed E-state index contributed by atoms with van der Waals surface area (Å²) in [7, 11) is 1.13. The molecule has 0 aliphatic heterocycles. The molecule has 0 unspecified atom stereocenters. The second-order valence-electron chi connectivity index (χ2n) is 3.10. The van der Waals surface area contributed by atoms with Crippen molar-refractivity contribution < 1.29 is 19.4 Å². The Bertz CT molecular complexity index is 430. The molecule has 0 bridgehead atoms. The normalized spacial score (nSPS) is 11.9. The molecule has 0 aliphatic carbocycles. The molecule has 1 amide bonds. The van der Waals surface area contributed by atoms with Gasteiger partial charge < -0.3 is 15.2 Å². The first kappa shape index (κ1) is 13.8. The Kier molecular flexibility index (Phi) is 4.74. The van der Waals surface area contributed by atoms with E-state index in [-0.39, 0.29) is 0 Å². The molecule has 1 atom stereocenters. The molecule has 2 N–H and O–H groups in total. The molecule has 7 heteroatoms. The SMILES string of the molecule is CO[C@H](C(=O)O)C(=O)Nc1cc(Cl)cc(Cl)c1. The summed E-state index contributed by atoms with van der Waals surface area (Å²) in [4.78, 5) is 22.2. The van der Waals surface area contributed by atoms with E-state index >= 15 is 0 Å². The van der Waals surface area contributed by atoms with Crippen molar-refractivity contribution in [3.8, 4) is 0 Å². The van der Waals surface area contributed by atoms with Crippen LogP contribution in [0.15, 0.2) is 18.2 Å². The number of ether oxygens (including phenoxy) is 1. The summed E-state index contributed by atoms with van der Waals surface area (Å²) in [5, 5.41) is 11.7. The number of anilines is 1. The number of carbonyl (C=O) groups excluding carboxylic acids is 1. The second-order valence-corrected chi connectivity index (χ2v) is 3.97. The van der Waals surface area contributed by atoms with Crippen molar-refractivity contribution in [2.75, 3.05) is 12.4 Å². The number of carboxylic acid groups (broad SMARTS) is 1. The summed E-state index contributed by atoms with van der Waals surface area (Å²) in [6.07, 6.45) is -1.58. The minimum absolute atomic E-state index is 0.302. The van der Waals surface area contributed by atoms with E-state index in [1.165, 1.54) is 18.2 Å². The maximum atomic E-state index is 11.5. The van der Waals surface area contributed by atoms with E-state index < -0.39 is 18.0 Å². The largest absolute Gasteiger partial charge is 0.479 e. The maximum absolute atomic E-state index is 11.5. The minimum atomic E-state index is -1.58. The van der Waals surface area contributed by atoms with E-state index in [9.17, 15) is 9.59 Å². The lowest BCUT2D eigenvalue weighted by atomic mass is 10.3. The van der Waals surface area contributed by atoms with E-state index in [2.05, 4.69) is 10.1 Å². The fraction of sp³-hybridized carbons (Fsp3) is 0.200. The molecule has 0 fully saturated rings. The van der Waals surface area contributed by atoms with Gasteiger partial charge in [0, 0.05) is 22.8 Å². The number of rotatable bonds is 4. The first-order valence-electron chi connectivity index (χ1n) is 4.46. The van der Waals surface area contributed by atoms with Gasteiger partial charge in [0.15, 0.2) is 0 Å². The summed E-state index contributed by atoms with van der Waals surface area (Å²) < 4.78 is 4.53. The number of nitrogens with one attached hydrogen (secondary N) is 1. The van der Waals surface area contributed by atoms with Crippen molar-refractivity contribution in [3.63, 3.8) is 0 Å². The molecule has 0 radical (unpaired) electrons. The van der Waals surface area contributed by atoms with Gasteiger partial charge in [-0.15, -0.1) is 0 Å². The molecule has 0 spiro atoms. The number of hydrogen-bond acceptors (Lipinski definition) is 3. The zero-order valence-electron chi connectivity index (χ0n) is 8.74. The van der Waals surface area contributed by atoms with Crippen molar-refractivity contribution in [2.45, 2.75) is 6.10 Å². The van der Waals surface area contributed by atoms with Gasteiger partial charge in [-0.05, 0) is 18.2 Å². The van der Waals surface area contributed by atoms with E-state index in [1.54, 1.807) is 0 Å². The fourth-order valence-corrected chi connectivity index (χ4v) is 1.68. The first-order chi connectivity index (χ1) is 7.93. The van der Waals surface area contributed by atoms with E-state index in [0.717, 1.165) is 7.11 Å². The number of carboxylic acids is 1. The van der Waals surface area contributed by atoms with Crippen LogP contribution in [0.5, 0.6) is 0 Å². The summed E-state index contributed by atoms with van der Waals surface area (Å²) >= 11 is 11.5. The molecular weight excluding hydrogens is 269 g/mol. The van der Waals surface area contributed by atoms with E-state index in [1.807, 2.05) is 0 Å². The van der Waals surface area contributed by atoms with Crippen LogP contribution in [0.1, 0.15) is 0 Å². The lowest BCUT2D eigenvalue weighted by Crippen LogP contribution is -2.36. The van der Waals surface area contributed by atoms with Crippen molar-refractivity contribution in [1.29, 1.82) is 0 Å². The predicted molar refractivity (Wildman–Crippen MR) is 63.5 cm³/mol. The van der Waals surface area contributed by atoms with Gasteiger partial charge in [0.1, 0.15) is 0 Å². The summed E-state index contributed by atoms with van der Waals surface area (Å²) in [5.41, 5.74) is 0.302. The molecule has 1 rings (SSSR count). The van der Waals surface area contributed by atoms with Crippen molar-refractivity contribution in [2.24, 2.45) is 0 Å². The van der Waals surface area contributed by atoms with Crippen molar-refractivity contribution in [3.05, 3.63) is 28.2 Å². The number of amides is 1. The Morgan fingerprint density at radius 1 is 1.29 bits per heavy atom. The number of hydrogen-bond donors (Lipinski definition) is 2. The molecule has 0 saturated heterocycles. The minimum Gasteiger partial charge on any atom is -0.479 e. The molecule has 0 saturated carbocycles. The quantitative estimate of drug-likeness (QED) is 0.826. The highest BCUT2D eigenvalue weighted by Crippen LogP contribution is 2.22. The Morgan fingerprint density at radius 3 is 2.24 bits per heavy atom. The number of carbonyl (C=O) groups is 2. The van der Waals surface area contributed by atoms with Gasteiger partial charge in [0.25, 0.3) is 5.91 Å². The monoisotopic (exact) mass is 277 g/mol. The third-order valence-corrected chi connectivity index (χ3v) is 2.26. The lowest BCUT2D eigenvalue weighted by Gasteiger charge is -2.11. The summed E-state index contributed by atoms with van der Waals surface area (Å²) in [5.74, 6) is -2.18. The van der Waals surface area contributed by atoms with Gasteiger partial charge in [-0.3, -0.25) is 4.79 Å². The lowest BCUT2D eigenvalue weighted by molar-refractivity contribution is -0.153. The van der Waals surface area contributed by atoms with E-state index in [0.29, 0.717) is 15.7 Å². The van der Waals surface area contributed by atoms with Crippen LogP contribution in [0.4, 0.5) is 5.69 Å². The van der Waals surface area contributed by atoms with Crippen LogP contribution in [0.25, 0.3) is 0 Å². The summed E-state index contributed by atoms with van der Waals surface area (Å²) in [6, 6.07) is 4.38. The summed E-state index contributed by atoms with van der Waals surface area (Å²) in [6.45, 7) is 0. The van der Waals surface area contributed by atoms with Gasteiger partial charge in [-0.25, -0.2) is 4.79 Å². The van der Waals surface area contributed by atoms with Gasteiger partial charge in [-0.1, -0.05) is 23.2 Å². The molecule has 0 aromatic heterocycles. The average Bonchev–Trinajstić information content (AvgIpc) is 2.15. The van der Waals surface area contributed by atoms with Crippen LogP contribution < -0.4 is 5.32 Å². The smallest absolute Gasteiger partial charge is 0.342 e. The predicted octanol–water partition coefficient (Wildman–Crippen LogP) is 2.03. The molecular formula is C10H9Cl2NO4. The third kappa shape index (κ3) is 3.89. The maximum Gasteiger partial charge on any atom is 0.342 e. The Balaban J connectivity index is 2.83. The number of methoxy groups -OCH3 is 1. The zero-order valence-corrected chi connectivity index (χ0v) is 10.2. The Labute approximate surface area is 107 Å². The highest BCUT2D eigenvalue weighted by Gasteiger charge is 2.25. The van der Waals surface area contributed by atoms with Crippen LogP contribution in [-0.4, -0.2) is 30.2 Å². The van der Waals surface area contributed by atoms with Crippen LogP contribution in [-0.2, 0) is 14.3 Å². The van der Waals surface area contributed by atoms with Crippen molar-refractivity contribution in [1.82, 2.24) is 0 Å². The zero-order chi connectivity index (χ0) is 13.0. The fourth-order valence-electron chi connectivity index (χ4n) is 1.15. The Hall–Kier alpha value is -1.30. The first-order valence-corrected chi connectivity index (χ1v) is 5.22. The van der Waals surface area contributed by atoms with Crippen LogP contribution in [0.3, 0.4) is 0 Å². The molecule has 1 aromatic carbocycles. The second kappa shape index (κ2) is 5.86. The molecule has 17 heavy (non-hydrogen) atoms. The molecule has 92 valence electrons. The van der Waals surface area contributed by atoms with Gasteiger partial charge >= 0.3 is 5.97 Å². The van der Waals surface area contributed by atoms with Crippen LogP contribution >= 0.6 is 23.2 Å². The van der Waals surface area contributed by atoms with Crippen LogP contribution in [0, 0.1) is 0 Å². The Morgan fingerprint density at radius 2 is 1.82 bits per heavy atom. The molecule has 5 nitrogen and oxygen atoms in total. The molecule has 1 aromatic rings. The topological polar surface area (TPSA) is 75.6 Å². The van der Waals surface area contributed by atoms with Crippen molar-refractivity contribution >= 4 is 40.8 Å².